The fourth-order valence-electron chi connectivity index (χ4n) is 2.11. The van der Waals surface area contributed by atoms with E-state index in [0.29, 0.717) is 18.6 Å². The molecule has 0 atom stereocenters. The van der Waals surface area contributed by atoms with E-state index in [4.69, 9.17) is 0 Å². The smallest absolute Gasteiger partial charge is 0.211 e. The summed E-state index contributed by atoms with van der Waals surface area (Å²) >= 11 is 0. The highest BCUT2D eigenvalue weighted by Crippen LogP contribution is 2.09. The minimum absolute atomic E-state index is 0.644. The van der Waals surface area contributed by atoms with Gasteiger partial charge in [0.15, 0.2) is 0 Å². The number of amides is 1. The van der Waals surface area contributed by atoms with Gasteiger partial charge in [0.1, 0.15) is 0 Å². The van der Waals surface area contributed by atoms with Gasteiger partial charge in [0.2, 0.25) is 6.41 Å². The Bertz CT molecular complexity index is 700. The first-order valence-corrected chi connectivity index (χ1v) is 6.61. The number of rotatable bonds is 6. The molecule has 0 fully saturated rings. The van der Waals surface area contributed by atoms with E-state index in [1.165, 1.54) is 5.56 Å². The largest absolute Gasteiger partial charge is 0.326 e. The summed E-state index contributed by atoms with van der Waals surface area (Å²) in [4.78, 5) is 10.4. The van der Waals surface area contributed by atoms with Crippen LogP contribution in [0.25, 0.3) is 0 Å². The predicted octanol–water partition coefficient (Wildman–Crippen LogP) is 1.74. The van der Waals surface area contributed by atoms with Gasteiger partial charge in [-0.1, -0.05) is 24.3 Å². The van der Waals surface area contributed by atoms with E-state index >= 15 is 0 Å². The first-order valence-electron chi connectivity index (χ1n) is 6.61. The van der Waals surface area contributed by atoms with Crippen molar-refractivity contribution in [1.82, 2.24) is 19.6 Å². The number of anilines is 1. The highest BCUT2D eigenvalue weighted by molar-refractivity contribution is 5.69. The van der Waals surface area contributed by atoms with E-state index in [1.807, 2.05) is 16.9 Å². The van der Waals surface area contributed by atoms with Gasteiger partial charge in [0.25, 0.3) is 0 Å². The number of aromatic nitrogens is 4. The van der Waals surface area contributed by atoms with E-state index in [-0.39, 0.29) is 0 Å². The summed E-state index contributed by atoms with van der Waals surface area (Å²) < 4.78 is 3.67. The third-order valence-electron chi connectivity index (χ3n) is 3.13. The van der Waals surface area contributed by atoms with Gasteiger partial charge in [-0.3, -0.25) is 14.2 Å². The zero-order chi connectivity index (χ0) is 14.5. The first-order chi connectivity index (χ1) is 10.3. The van der Waals surface area contributed by atoms with Crippen molar-refractivity contribution in [2.24, 2.45) is 0 Å². The van der Waals surface area contributed by atoms with Crippen molar-refractivity contribution < 1.29 is 4.79 Å². The normalized spacial score (nSPS) is 10.5. The fraction of sp³-hybridized carbons (Fsp3) is 0.133. The molecule has 0 bridgehead atoms. The van der Waals surface area contributed by atoms with E-state index in [1.54, 1.807) is 23.3 Å². The molecule has 3 aromatic rings. The maximum atomic E-state index is 10.4. The second-order valence-electron chi connectivity index (χ2n) is 4.71. The zero-order valence-electron chi connectivity index (χ0n) is 11.4. The molecule has 0 aliphatic heterocycles. The van der Waals surface area contributed by atoms with Crippen molar-refractivity contribution in [2.75, 3.05) is 5.32 Å². The molecule has 0 aliphatic carbocycles. The number of hydrogen-bond donors (Lipinski definition) is 1. The Hall–Kier alpha value is -2.89. The lowest BCUT2D eigenvalue weighted by Gasteiger charge is -2.05. The van der Waals surface area contributed by atoms with Gasteiger partial charge in [0.05, 0.1) is 25.0 Å². The fourth-order valence-corrected chi connectivity index (χ4v) is 2.11. The Morgan fingerprint density at radius 3 is 2.38 bits per heavy atom. The van der Waals surface area contributed by atoms with Gasteiger partial charge >= 0.3 is 0 Å². The monoisotopic (exact) mass is 281 g/mol. The number of benzene rings is 1. The Morgan fingerprint density at radius 2 is 1.76 bits per heavy atom. The average molecular weight is 281 g/mol. The molecule has 1 amide bonds. The summed E-state index contributed by atoms with van der Waals surface area (Å²) in [7, 11) is 0. The Morgan fingerprint density at radius 1 is 1.05 bits per heavy atom. The molecule has 6 heteroatoms. The number of carbonyl (C=O) groups is 1. The Kier molecular flexibility index (Phi) is 3.77. The number of nitrogens with zero attached hydrogens (tertiary/aromatic N) is 4. The van der Waals surface area contributed by atoms with Crippen molar-refractivity contribution >= 4 is 12.1 Å². The summed E-state index contributed by atoms with van der Waals surface area (Å²) in [6, 6.07) is 10.2. The van der Waals surface area contributed by atoms with Crippen molar-refractivity contribution in [2.45, 2.75) is 13.1 Å². The third kappa shape index (κ3) is 3.36. The van der Waals surface area contributed by atoms with Crippen LogP contribution in [-0.4, -0.2) is 26.0 Å². The molecule has 2 heterocycles. The summed E-state index contributed by atoms with van der Waals surface area (Å²) in [6.07, 6.45) is 7.79. The van der Waals surface area contributed by atoms with Crippen LogP contribution in [0.1, 0.15) is 11.1 Å². The van der Waals surface area contributed by atoms with Gasteiger partial charge < -0.3 is 5.32 Å². The molecule has 0 saturated carbocycles. The van der Waals surface area contributed by atoms with Crippen molar-refractivity contribution in [3.63, 3.8) is 0 Å². The predicted molar refractivity (Wildman–Crippen MR) is 78.8 cm³/mol. The number of carbonyl (C=O) groups excluding carboxylic acids is 1. The summed E-state index contributed by atoms with van der Waals surface area (Å²) in [5.74, 6) is 0. The van der Waals surface area contributed by atoms with E-state index < -0.39 is 0 Å². The van der Waals surface area contributed by atoms with Gasteiger partial charge in [-0.05, 0) is 17.2 Å². The molecule has 0 spiro atoms. The van der Waals surface area contributed by atoms with Crippen molar-refractivity contribution in [3.8, 4) is 0 Å². The van der Waals surface area contributed by atoms with Crippen LogP contribution in [0, 0.1) is 0 Å². The summed E-state index contributed by atoms with van der Waals surface area (Å²) in [5.41, 5.74) is 3.05. The highest BCUT2D eigenvalue weighted by atomic mass is 16.1. The lowest BCUT2D eigenvalue weighted by molar-refractivity contribution is -0.105. The van der Waals surface area contributed by atoms with Crippen LogP contribution in [0.4, 0.5) is 5.69 Å². The van der Waals surface area contributed by atoms with E-state index in [2.05, 4.69) is 39.8 Å². The van der Waals surface area contributed by atoms with E-state index in [9.17, 15) is 4.79 Å². The van der Waals surface area contributed by atoms with Crippen LogP contribution in [-0.2, 0) is 17.9 Å². The maximum Gasteiger partial charge on any atom is 0.211 e. The molecule has 6 nitrogen and oxygen atoms in total. The minimum Gasteiger partial charge on any atom is -0.326 e. The topological polar surface area (TPSA) is 64.7 Å². The molecule has 3 rings (SSSR count). The molecule has 21 heavy (non-hydrogen) atoms. The van der Waals surface area contributed by atoms with Crippen LogP contribution in [0.15, 0.2) is 55.1 Å². The molecule has 0 saturated heterocycles. The van der Waals surface area contributed by atoms with Gasteiger partial charge in [0, 0.05) is 18.6 Å². The van der Waals surface area contributed by atoms with Gasteiger partial charge in [-0.25, -0.2) is 0 Å². The molecule has 1 aromatic carbocycles. The second kappa shape index (κ2) is 6.04. The summed E-state index contributed by atoms with van der Waals surface area (Å²) in [5, 5.41) is 11.0. The SMILES string of the molecule is O=CNc1cnn(Cc2ccc(Cn3cccn3)cc2)c1. The zero-order valence-corrected chi connectivity index (χ0v) is 11.4. The minimum atomic E-state index is 0.644. The maximum absolute atomic E-state index is 10.4. The Labute approximate surface area is 122 Å². The lowest BCUT2D eigenvalue weighted by atomic mass is 10.1. The molecule has 0 unspecified atom stereocenters. The average Bonchev–Trinajstić information content (AvgIpc) is 3.14. The van der Waals surface area contributed by atoms with E-state index in [0.717, 1.165) is 12.1 Å². The second-order valence-corrected chi connectivity index (χ2v) is 4.71. The standard InChI is InChI=1S/C15H15N5O/c21-12-16-15-8-18-20(11-15)10-14-4-2-13(3-5-14)9-19-7-1-6-17-19/h1-8,11-12H,9-10H2,(H,16,21). The molecule has 1 N–H and O–H groups in total. The van der Waals surface area contributed by atoms with Crippen LogP contribution < -0.4 is 5.32 Å². The van der Waals surface area contributed by atoms with Gasteiger partial charge in [-0.15, -0.1) is 0 Å². The quantitative estimate of drug-likeness (QED) is 0.700. The number of nitrogens with one attached hydrogen (secondary N) is 1. The summed E-state index contributed by atoms with van der Waals surface area (Å²) in [6.45, 7) is 1.44. The lowest BCUT2D eigenvalue weighted by Crippen LogP contribution is -2.02. The van der Waals surface area contributed by atoms with Crippen molar-refractivity contribution in [1.29, 1.82) is 0 Å². The van der Waals surface area contributed by atoms with Crippen molar-refractivity contribution in [3.05, 3.63) is 66.2 Å². The third-order valence-corrected chi connectivity index (χ3v) is 3.13. The molecule has 2 aromatic heterocycles. The highest BCUT2D eigenvalue weighted by Gasteiger charge is 2.00. The molecular formula is C15H15N5O. The molecule has 0 aliphatic rings. The first kappa shape index (κ1) is 13.1. The van der Waals surface area contributed by atoms with Crippen LogP contribution in [0.2, 0.25) is 0 Å². The van der Waals surface area contributed by atoms with Crippen LogP contribution >= 0.6 is 0 Å². The van der Waals surface area contributed by atoms with Crippen LogP contribution in [0.5, 0.6) is 0 Å². The number of hydrogen-bond acceptors (Lipinski definition) is 3. The van der Waals surface area contributed by atoms with Gasteiger partial charge in [-0.2, -0.15) is 10.2 Å². The Balaban J connectivity index is 1.64. The molecular weight excluding hydrogens is 266 g/mol. The molecule has 0 radical (unpaired) electrons. The molecule has 106 valence electrons. The van der Waals surface area contributed by atoms with Crippen LogP contribution in [0.3, 0.4) is 0 Å².